The van der Waals surface area contributed by atoms with E-state index >= 15 is 0 Å². The van der Waals surface area contributed by atoms with Crippen LogP contribution in [0.1, 0.15) is 35.2 Å². The minimum Gasteiger partial charge on any atom is -0.478 e. The molecule has 20 heavy (non-hydrogen) atoms. The molecule has 0 radical (unpaired) electrons. The Hall–Kier alpha value is -1.46. The number of nitrogens with zero attached hydrogens (tertiary/aromatic N) is 1. The van der Waals surface area contributed by atoms with Crippen molar-refractivity contribution in [2.45, 2.75) is 31.8 Å². The predicted molar refractivity (Wildman–Crippen MR) is 75.3 cm³/mol. The molecule has 5 heteroatoms. The quantitative estimate of drug-likeness (QED) is 0.867. The lowest BCUT2D eigenvalue weighted by atomic mass is 10.0. The first kappa shape index (κ1) is 14.9. The summed E-state index contributed by atoms with van der Waals surface area (Å²) in [6.07, 6.45) is 3.71. The topological polar surface area (TPSA) is 52.6 Å². The summed E-state index contributed by atoms with van der Waals surface area (Å²) < 4.78 is 13.5. The van der Waals surface area contributed by atoms with Crippen LogP contribution in [0.15, 0.2) is 18.2 Å². The molecule has 110 valence electrons. The Labute approximate surface area is 118 Å². The lowest BCUT2D eigenvalue weighted by Crippen LogP contribution is -2.42. The highest BCUT2D eigenvalue weighted by Crippen LogP contribution is 2.14. The zero-order valence-corrected chi connectivity index (χ0v) is 11.7. The molecule has 1 heterocycles. The first-order chi connectivity index (χ1) is 9.58. The van der Waals surface area contributed by atoms with Gasteiger partial charge in [-0.25, -0.2) is 9.18 Å². The van der Waals surface area contributed by atoms with Crippen LogP contribution in [-0.4, -0.2) is 42.2 Å². The Morgan fingerprint density at radius 3 is 2.95 bits per heavy atom. The molecule has 0 bridgehead atoms. The van der Waals surface area contributed by atoms with Crippen molar-refractivity contribution in [1.82, 2.24) is 10.2 Å². The minimum absolute atomic E-state index is 0.277. The van der Waals surface area contributed by atoms with Crippen LogP contribution in [0.5, 0.6) is 0 Å². The van der Waals surface area contributed by atoms with Crippen molar-refractivity contribution in [3.63, 3.8) is 0 Å². The van der Waals surface area contributed by atoms with Crippen LogP contribution < -0.4 is 5.32 Å². The molecule has 1 fully saturated rings. The van der Waals surface area contributed by atoms with Gasteiger partial charge in [0.05, 0.1) is 5.56 Å². The maximum atomic E-state index is 13.5. The maximum Gasteiger partial charge on any atom is 0.338 e. The zero-order chi connectivity index (χ0) is 14.5. The Bertz CT molecular complexity index is 479. The van der Waals surface area contributed by atoms with E-state index < -0.39 is 11.8 Å². The van der Waals surface area contributed by atoms with Gasteiger partial charge in [0.1, 0.15) is 5.82 Å². The van der Waals surface area contributed by atoms with Crippen molar-refractivity contribution in [3.05, 3.63) is 35.1 Å². The molecule has 1 unspecified atom stereocenters. The van der Waals surface area contributed by atoms with Gasteiger partial charge in [-0.2, -0.15) is 0 Å². The second-order valence-electron chi connectivity index (χ2n) is 5.38. The van der Waals surface area contributed by atoms with Gasteiger partial charge in [0.15, 0.2) is 0 Å². The fourth-order valence-electron chi connectivity index (χ4n) is 2.63. The van der Waals surface area contributed by atoms with Gasteiger partial charge < -0.3 is 15.3 Å². The average molecular weight is 280 g/mol. The minimum atomic E-state index is -1.23. The van der Waals surface area contributed by atoms with Crippen LogP contribution >= 0.6 is 0 Å². The van der Waals surface area contributed by atoms with E-state index in [0.29, 0.717) is 12.6 Å². The van der Waals surface area contributed by atoms with E-state index in [-0.39, 0.29) is 5.56 Å². The molecule has 0 spiro atoms. The van der Waals surface area contributed by atoms with Crippen molar-refractivity contribution >= 4 is 5.97 Å². The number of nitrogens with one attached hydrogen (secondary N) is 1. The van der Waals surface area contributed by atoms with Crippen LogP contribution in [0, 0.1) is 5.82 Å². The van der Waals surface area contributed by atoms with Crippen LogP contribution in [0.3, 0.4) is 0 Å². The molecule has 1 saturated heterocycles. The number of piperidine rings is 1. The molecule has 2 N–H and O–H groups in total. The second kappa shape index (κ2) is 6.81. The molecule has 1 aromatic carbocycles. The highest BCUT2D eigenvalue weighted by atomic mass is 19.1. The van der Waals surface area contributed by atoms with Gasteiger partial charge in [0.25, 0.3) is 0 Å². The molecular weight excluding hydrogens is 259 g/mol. The molecule has 0 aliphatic carbocycles. The summed E-state index contributed by atoms with van der Waals surface area (Å²) in [5, 5.41) is 12.1. The smallest absolute Gasteiger partial charge is 0.338 e. The Morgan fingerprint density at radius 2 is 2.30 bits per heavy atom. The molecule has 2 rings (SSSR count). The van der Waals surface area contributed by atoms with E-state index in [1.54, 1.807) is 6.07 Å². The summed E-state index contributed by atoms with van der Waals surface area (Å²) in [6.45, 7) is 2.56. The number of likely N-dealkylation sites (tertiary alicyclic amines) is 1. The molecule has 1 aromatic rings. The lowest BCUT2D eigenvalue weighted by molar-refractivity contribution is 0.0692. The van der Waals surface area contributed by atoms with Crippen LogP contribution in [0.4, 0.5) is 4.39 Å². The highest BCUT2D eigenvalue weighted by molar-refractivity contribution is 5.87. The van der Waals surface area contributed by atoms with E-state index in [4.69, 9.17) is 5.11 Å². The highest BCUT2D eigenvalue weighted by Gasteiger charge is 2.18. The average Bonchev–Trinajstić information content (AvgIpc) is 2.40. The van der Waals surface area contributed by atoms with E-state index in [9.17, 15) is 9.18 Å². The summed E-state index contributed by atoms with van der Waals surface area (Å²) in [4.78, 5) is 13.1. The lowest BCUT2D eigenvalue weighted by Gasteiger charge is -2.32. The van der Waals surface area contributed by atoms with Crippen molar-refractivity contribution in [2.24, 2.45) is 0 Å². The normalized spacial score (nSPS) is 20.0. The molecule has 0 saturated carbocycles. The second-order valence-corrected chi connectivity index (χ2v) is 5.38. The zero-order valence-electron chi connectivity index (χ0n) is 11.7. The fourth-order valence-corrected chi connectivity index (χ4v) is 2.63. The third-order valence-corrected chi connectivity index (χ3v) is 3.89. The van der Waals surface area contributed by atoms with Gasteiger partial charge in [0, 0.05) is 19.1 Å². The number of likely N-dealkylation sites (N-methyl/N-ethyl adjacent to an activating group) is 1. The molecular formula is C15H21FN2O2. The van der Waals surface area contributed by atoms with Gasteiger partial charge in [-0.05, 0) is 44.1 Å². The predicted octanol–water partition coefficient (Wildman–Crippen LogP) is 2.10. The Balaban J connectivity index is 1.85. The van der Waals surface area contributed by atoms with Crippen LogP contribution in [-0.2, 0) is 6.54 Å². The summed E-state index contributed by atoms with van der Waals surface area (Å²) in [5.74, 6) is -1.91. The Morgan fingerprint density at radius 1 is 1.50 bits per heavy atom. The van der Waals surface area contributed by atoms with Gasteiger partial charge in [-0.1, -0.05) is 12.5 Å². The molecule has 0 amide bonds. The van der Waals surface area contributed by atoms with Gasteiger partial charge in [-0.3, -0.25) is 0 Å². The van der Waals surface area contributed by atoms with Crippen LogP contribution in [0.2, 0.25) is 0 Å². The molecule has 1 atom stereocenters. The number of benzene rings is 1. The largest absolute Gasteiger partial charge is 0.478 e. The van der Waals surface area contributed by atoms with E-state index in [1.165, 1.54) is 31.4 Å². The van der Waals surface area contributed by atoms with Crippen molar-refractivity contribution in [1.29, 1.82) is 0 Å². The molecule has 4 nitrogen and oxygen atoms in total. The third kappa shape index (κ3) is 3.77. The number of carboxylic acid groups (broad SMARTS) is 1. The van der Waals surface area contributed by atoms with E-state index in [1.807, 2.05) is 0 Å². The number of hydrogen-bond acceptors (Lipinski definition) is 3. The summed E-state index contributed by atoms with van der Waals surface area (Å²) in [7, 11) is 2.13. The monoisotopic (exact) mass is 280 g/mol. The van der Waals surface area contributed by atoms with Gasteiger partial charge in [-0.15, -0.1) is 0 Å². The number of carboxylic acids is 1. The fraction of sp³-hybridized carbons (Fsp3) is 0.533. The summed E-state index contributed by atoms with van der Waals surface area (Å²) in [5.41, 5.74) is 0.492. The van der Waals surface area contributed by atoms with Crippen molar-refractivity contribution in [3.8, 4) is 0 Å². The molecule has 1 aliphatic rings. The van der Waals surface area contributed by atoms with Crippen LogP contribution in [0.25, 0.3) is 0 Å². The number of hydrogen-bond donors (Lipinski definition) is 2. The number of halogens is 1. The first-order valence-corrected chi connectivity index (χ1v) is 7.00. The van der Waals surface area contributed by atoms with Crippen molar-refractivity contribution in [2.75, 3.05) is 20.1 Å². The van der Waals surface area contributed by atoms with E-state index in [0.717, 1.165) is 18.7 Å². The number of rotatable bonds is 5. The standard InChI is InChI=1S/C15H21FN2O2/c1-18-7-3-2-4-12(18)10-17-9-11-5-6-13(15(19)20)14(16)8-11/h5-6,8,12,17H,2-4,7,9-10H2,1H3,(H,19,20). The number of carbonyl (C=O) groups is 1. The Kier molecular flexibility index (Phi) is 5.09. The van der Waals surface area contributed by atoms with E-state index in [2.05, 4.69) is 17.3 Å². The maximum absolute atomic E-state index is 13.5. The first-order valence-electron chi connectivity index (χ1n) is 7.00. The number of aromatic carboxylic acids is 1. The summed E-state index contributed by atoms with van der Waals surface area (Å²) in [6, 6.07) is 4.80. The molecule has 1 aliphatic heterocycles. The SMILES string of the molecule is CN1CCCCC1CNCc1ccc(C(=O)O)c(F)c1. The summed E-state index contributed by atoms with van der Waals surface area (Å²) >= 11 is 0. The van der Waals surface area contributed by atoms with Gasteiger partial charge >= 0.3 is 5.97 Å². The van der Waals surface area contributed by atoms with Crippen molar-refractivity contribution < 1.29 is 14.3 Å². The third-order valence-electron chi connectivity index (χ3n) is 3.89. The molecule has 0 aromatic heterocycles. The van der Waals surface area contributed by atoms with Gasteiger partial charge in [0.2, 0.25) is 0 Å².